The van der Waals surface area contributed by atoms with Crippen molar-refractivity contribution in [3.8, 4) is 0 Å². The monoisotopic (exact) mass is 235 g/mol. The van der Waals surface area contributed by atoms with Crippen molar-refractivity contribution in [2.75, 3.05) is 13.2 Å². The summed E-state index contributed by atoms with van der Waals surface area (Å²) in [5.41, 5.74) is 0. The molecule has 14 heavy (non-hydrogen) atoms. The molecule has 82 valence electrons. The lowest BCUT2D eigenvalue weighted by atomic mass is 10.2. The second-order valence-electron chi connectivity index (χ2n) is 3.15. The van der Waals surface area contributed by atoms with E-state index in [1.165, 1.54) is 11.8 Å². The van der Waals surface area contributed by atoms with Gasteiger partial charge < -0.3 is 10.1 Å². The van der Waals surface area contributed by atoms with Gasteiger partial charge in [-0.3, -0.25) is 4.79 Å². The number of nitrogens with one attached hydrogen (secondary N) is 1. The molecule has 0 bridgehead atoms. The summed E-state index contributed by atoms with van der Waals surface area (Å²) in [5, 5.41) is 2.99. The summed E-state index contributed by atoms with van der Waals surface area (Å²) in [5.74, 6) is -0.231. The standard InChI is InChI=1S/C9H17NO2S2/c1-5-10-8(13)14-9(3,4)7(11)12-6-2/h5-6H2,1-4H3,(H,10,13). The van der Waals surface area contributed by atoms with Crippen LogP contribution >= 0.6 is 24.0 Å². The first-order valence-corrected chi connectivity index (χ1v) is 5.80. The van der Waals surface area contributed by atoms with Gasteiger partial charge in [-0.15, -0.1) is 0 Å². The van der Waals surface area contributed by atoms with Crippen molar-refractivity contribution in [3.63, 3.8) is 0 Å². The van der Waals surface area contributed by atoms with Crippen molar-refractivity contribution in [3.05, 3.63) is 0 Å². The lowest BCUT2D eigenvalue weighted by molar-refractivity contribution is -0.145. The average Bonchev–Trinajstić information content (AvgIpc) is 2.03. The van der Waals surface area contributed by atoms with Crippen LogP contribution in [0.15, 0.2) is 0 Å². The van der Waals surface area contributed by atoms with E-state index in [-0.39, 0.29) is 5.97 Å². The fourth-order valence-corrected chi connectivity index (χ4v) is 2.35. The van der Waals surface area contributed by atoms with Crippen LogP contribution < -0.4 is 5.32 Å². The number of thiocarbonyl (C=S) groups is 1. The van der Waals surface area contributed by atoms with Crippen LogP contribution in [0, 0.1) is 0 Å². The summed E-state index contributed by atoms with van der Waals surface area (Å²) in [6.07, 6.45) is 0. The quantitative estimate of drug-likeness (QED) is 0.595. The Morgan fingerprint density at radius 3 is 2.50 bits per heavy atom. The van der Waals surface area contributed by atoms with Gasteiger partial charge in [0.1, 0.15) is 9.07 Å². The van der Waals surface area contributed by atoms with E-state index >= 15 is 0 Å². The fourth-order valence-electron chi connectivity index (χ4n) is 0.759. The first kappa shape index (κ1) is 13.7. The Morgan fingerprint density at radius 1 is 1.50 bits per heavy atom. The highest BCUT2D eigenvalue weighted by molar-refractivity contribution is 8.24. The van der Waals surface area contributed by atoms with Gasteiger partial charge in [0.2, 0.25) is 0 Å². The number of rotatable bonds is 4. The molecular formula is C9H17NO2S2. The molecule has 0 amide bonds. The van der Waals surface area contributed by atoms with Crippen molar-refractivity contribution in [1.29, 1.82) is 0 Å². The lowest BCUT2D eigenvalue weighted by Gasteiger charge is -2.21. The average molecular weight is 235 g/mol. The maximum absolute atomic E-state index is 11.5. The first-order chi connectivity index (χ1) is 6.44. The molecule has 0 aromatic heterocycles. The van der Waals surface area contributed by atoms with E-state index in [0.29, 0.717) is 10.9 Å². The van der Waals surface area contributed by atoms with Gasteiger partial charge in [0.25, 0.3) is 0 Å². The third-order valence-electron chi connectivity index (χ3n) is 1.44. The maximum atomic E-state index is 11.5. The number of carbonyl (C=O) groups excluding carboxylic acids is 1. The number of thioether (sulfide) groups is 1. The third kappa shape index (κ3) is 4.81. The molecule has 0 atom stereocenters. The highest BCUT2D eigenvalue weighted by atomic mass is 32.2. The van der Waals surface area contributed by atoms with Gasteiger partial charge in [0, 0.05) is 6.54 Å². The maximum Gasteiger partial charge on any atom is 0.322 e. The van der Waals surface area contributed by atoms with Crippen molar-refractivity contribution in [1.82, 2.24) is 5.32 Å². The Hall–Kier alpha value is -0.290. The Labute approximate surface area is 95.0 Å². The highest BCUT2D eigenvalue weighted by Gasteiger charge is 2.31. The van der Waals surface area contributed by atoms with Gasteiger partial charge in [-0.05, 0) is 27.7 Å². The lowest BCUT2D eigenvalue weighted by Crippen LogP contribution is -2.34. The molecular weight excluding hydrogens is 218 g/mol. The van der Waals surface area contributed by atoms with Crippen molar-refractivity contribution < 1.29 is 9.53 Å². The summed E-state index contributed by atoms with van der Waals surface area (Å²) >= 11 is 6.37. The van der Waals surface area contributed by atoms with Gasteiger partial charge in [-0.1, -0.05) is 24.0 Å². The van der Waals surface area contributed by atoms with Crippen molar-refractivity contribution >= 4 is 34.3 Å². The Kier molecular flexibility index (Phi) is 6.11. The minimum absolute atomic E-state index is 0.231. The van der Waals surface area contributed by atoms with Gasteiger partial charge >= 0.3 is 5.97 Å². The summed E-state index contributed by atoms with van der Waals surface area (Å²) < 4.78 is 4.95. The predicted octanol–water partition coefficient (Wildman–Crippen LogP) is 1.96. The van der Waals surface area contributed by atoms with E-state index < -0.39 is 4.75 Å². The molecule has 0 saturated carbocycles. The smallest absolute Gasteiger partial charge is 0.322 e. The molecule has 0 aliphatic rings. The number of hydrogen-bond acceptors (Lipinski definition) is 4. The third-order valence-corrected chi connectivity index (χ3v) is 2.84. The Balaban J connectivity index is 4.18. The number of ether oxygens (including phenoxy) is 1. The normalized spacial score (nSPS) is 10.9. The highest BCUT2D eigenvalue weighted by Crippen LogP contribution is 2.26. The minimum atomic E-state index is -0.616. The molecule has 0 aromatic carbocycles. The second-order valence-corrected chi connectivity index (χ2v) is 5.45. The van der Waals surface area contributed by atoms with Gasteiger partial charge in [-0.25, -0.2) is 0 Å². The van der Waals surface area contributed by atoms with Crippen LogP contribution in [0.3, 0.4) is 0 Å². The van der Waals surface area contributed by atoms with Gasteiger partial charge in [0.15, 0.2) is 0 Å². The predicted molar refractivity (Wildman–Crippen MR) is 64.6 cm³/mol. The summed E-state index contributed by atoms with van der Waals surface area (Å²) in [4.78, 5) is 11.5. The Morgan fingerprint density at radius 2 is 2.07 bits per heavy atom. The van der Waals surface area contributed by atoms with Crippen LogP contribution in [-0.2, 0) is 9.53 Å². The molecule has 0 unspecified atom stereocenters. The molecule has 0 heterocycles. The number of hydrogen-bond donors (Lipinski definition) is 1. The zero-order valence-corrected chi connectivity index (χ0v) is 10.7. The van der Waals surface area contributed by atoms with Crippen LogP contribution in [0.1, 0.15) is 27.7 Å². The van der Waals surface area contributed by atoms with E-state index in [2.05, 4.69) is 5.32 Å². The van der Waals surface area contributed by atoms with E-state index in [1.54, 1.807) is 20.8 Å². The zero-order chi connectivity index (χ0) is 11.2. The van der Waals surface area contributed by atoms with E-state index in [0.717, 1.165) is 6.54 Å². The molecule has 0 aliphatic carbocycles. The number of carbonyl (C=O) groups is 1. The zero-order valence-electron chi connectivity index (χ0n) is 9.05. The molecule has 0 rings (SSSR count). The van der Waals surface area contributed by atoms with Crippen LogP contribution in [0.2, 0.25) is 0 Å². The fraction of sp³-hybridized carbons (Fsp3) is 0.778. The Bertz CT molecular complexity index is 217. The minimum Gasteiger partial charge on any atom is -0.465 e. The molecule has 0 saturated heterocycles. The first-order valence-electron chi connectivity index (χ1n) is 4.58. The molecule has 0 radical (unpaired) electrons. The second kappa shape index (κ2) is 6.24. The summed E-state index contributed by atoms with van der Waals surface area (Å²) in [6, 6.07) is 0. The largest absolute Gasteiger partial charge is 0.465 e. The molecule has 0 spiro atoms. The van der Waals surface area contributed by atoms with Crippen LogP contribution in [-0.4, -0.2) is 28.2 Å². The van der Waals surface area contributed by atoms with Gasteiger partial charge in [-0.2, -0.15) is 0 Å². The molecule has 0 aromatic rings. The summed E-state index contributed by atoms with van der Waals surface area (Å²) in [6.45, 7) is 8.53. The van der Waals surface area contributed by atoms with E-state index in [1.807, 2.05) is 6.92 Å². The molecule has 0 fully saturated rings. The van der Waals surface area contributed by atoms with Gasteiger partial charge in [0.05, 0.1) is 6.61 Å². The topological polar surface area (TPSA) is 38.3 Å². The van der Waals surface area contributed by atoms with Crippen molar-refractivity contribution in [2.24, 2.45) is 0 Å². The van der Waals surface area contributed by atoms with E-state index in [9.17, 15) is 4.79 Å². The molecule has 5 heteroatoms. The molecule has 1 N–H and O–H groups in total. The van der Waals surface area contributed by atoms with Crippen LogP contribution in [0.5, 0.6) is 0 Å². The molecule has 0 aliphatic heterocycles. The molecule has 3 nitrogen and oxygen atoms in total. The van der Waals surface area contributed by atoms with Crippen LogP contribution in [0.25, 0.3) is 0 Å². The van der Waals surface area contributed by atoms with Crippen LogP contribution in [0.4, 0.5) is 0 Å². The van der Waals surface area contributed by atoms with E-state index in [4.69, 9.17) is 17.0 Å². The number of esters is 1. The SMILES string of the molecule is CCNC(=S)SC(C)(C)C(=O)OCC. The summed E-state index contributed by atoms with van der Waals surface area (Å²) in [7, 11) is 0. The van der Waals surface area contributed by atoms with Crippen molar-refractivity contribution in [2.45, 2.75) is 32.4 Å².